The molecule has 2 heterocycles. The maximum Gasteiger partial charge on any atom is 0.171 e. The molecule has 0 aliphatic carbocycles. The maximum atomic E-state index is 4.61. The smallest absolute Gasteiger partial charge is 0.171 e. The van der Waals surface area contributed by atoms with Crippen LogP contribution in [0.15, 0.2) is 17.8 Å². The van der Waals surface area contributed by atoms with Gasteiger partial charge in [-0.1, -0.05) is 41.5 Å². The number of thiazole rings is 1. The molecule has 0 saturated carbocycles. The van der Waals surface area contributed by atoms with E-state index in [-0.39, 0.29) is 0 Å². The first kappa shape index (κ1) is 13.8. The van der Waals surface area contributed by atoms with Crippen LogP contribution >= 0.6 is 11.3 Å². The van der Waals surface area contributed by atoms with Crippen LogP contribution in [0.4, 0.5) is 0 Å². The van der Waals surface area contributed by atoms with Crippen LogP contribution in [0.5, 0.6) is 0 Å². The Bertz CT molecular complexity index is 503. The second-order valence-electron chi connectivity index (χ2n) is 6.08. The Hall–Kier alpha value is -0.613. The molecule has 0 amide bonds. The Balaban J connectivity index is 2.70. The topological polar surface area (TPSA) is 17.8 Å². The van der Waals surface area contributed by atoms with E-state index in [0.717, 1.165) is 16.6 Å². The summed E-state index contributed by atoms with van der Waals surface area (Å²) in [7, 11) is -1.62. The molecule has 2 nitrogen and oxygen atoms in total. The van der Waals surface area contributed by atoms with Crippen molar-refractivity contribution in [1.82, 2.24) is 9.22 Å². The lowest BCUT2D eigenvalue weighted by atomic mass is 10.5. The molecular weight excluding hydrogens is 256 g/mol. The molecule has 0 fully saturated rings. The molecule has 0 aliphatic heterocycles. The van der Waals surface area contributed by atoms with Crippen LogP contribution in [0.2, 0.25) is 16.6 Å². The zero-order valence-corrected chi connectivity index (χ0v) is 14.1. The van der Waals surface area contributed by atoms with Gasteiger partial charge in [0.2, 0.25) is 0 Å². The molecule has 0 N–H and O–H groups in total. The molecule has 18 heavy (non-hydrogen) atoms. The van der Waals surface area contributed by atoms with E-state index in [1.165, 1.54) is 10.3 Å². The average Bonchev–Trinajstić information content (AvgIpc) is 2.80. The molecule has 0 radical (unpaired) electrons. The second-order valence-corrected chi connectivity index (χ2v) is 12.7. The van der Waals surface area contributed by atoms with Gasteiger partial charge in [0.25, 0.3) is 0 Å². The summed E-state index contributed by atoms with van der Waals surface area (Å²) in [5, 5.41) is 0. The van der Waals surface area contributed by atoms with Crippen LogP contribution in [0.1, 0.15) is 41.5 Å². The molecular formula is C14H24N2SSi. The van der Waals surface area contributed by atoms with Crippen LogP contribution in [0.3, 0.4) is 0 Å². The summed E-state index contributed by atoms with van der Waals surface area (Å²) < 4.78 is 3.90. The molecule has 0 spiro atoms. The van der Waals surface area contributed by atoms with Gasteiger partial charge in [0, 0.05) is 0 Å². The zero-order valence-electron chi connectivity index (χ0n) is 12.3. The third-order valence-corrected chi connectivity index (χ3v) is 11.9. The number of fused-ring (bicyclic) bond motifs is 1. The van der Waals surface area contributed by atoms with Crippen LogP contribution in [-0.4, -0.2) is 17.5 Å². The number of hydrogen-bond acceptors (Lipinski definition) is 2. The van der Waals surface area contributed by atoms with Gasteiger partial charge in [-0.25, -0.2) is 4.98 Å². The Kier molecular flexibility index (Phi) is 3.69. The highest BCUT2D eigenvalue weighted by Crippen LogP contribution is 2.44. The van der Waals surface area contributed by atoms with Crippen molar-refractivity contribution in [3.63, 3.8) is 0 Å². The molecule has 0 unspecified atom stereocenters. The Labute approximate surface area is 115 Å². The van der Waals surface area contributed by atoms with Gasteiger partial charge in [0.1, 0.15) is 5.65 Å². The van der Waals surface area contributed by atoms with E-state index in [4.69, 9.17) is 0 Å². The number of aromatic nitrogens is 2. The summed E-state index contributed by atoms with van der Waals surface area (Å²) in [5.41, 5.74) is 5.34. The Morgan fingerprint density at radius 3 is 2.11 bits per heavy atom. The highest BCUT2D eigenvalue weighted by molar-refractivity contribution is 7.16. The first-order chi connectivity index (χ1) is 8.42. The van der Waals surface area contributed by atoms with Crippen LogP contribution < -0.4 is 0 Å². The molecule has 0 saturated heterocycles. The van der Waals surface area contributed by atoms with Crippen LogP contribution in [0, 0.1) is 0 Å². The third-order valence-electron chi connectivity index (χ3n) is 4.37. The van der Waals surface area contributed by atoms with E-state index < -0.39 is 8.24 Å². The minimum atomic E-state index is -1.62. The summed E-state index contributed by atoms with van der Waals surface area (Å²) in [5.74, 6) is 0. The summed E-state index contributed by atoms with van der Waals surface area (Å²) in [6, 6.07) is 2.24. The SMILES string of the molecule is CC(C)[Si](C(C)C)(C(C)C)n1ccc2scnc21. The monoisotopic (exact) mass is 280 g/mol. The second kappa shape index (κ2) is 4.81. The normalized spacial score (nSPS) is 13.4. The van der Waals surface area contributed by atoms with Crippen molar-refractivity contribution in [3.05, 3.63) is 17.8 Å². The highest BCUT2D eigenvalue weighted by Gasteiger charge is 2.45. The summed E-state index contributed by atoms with van der Waals surface area (Å²) >= 11 is 1.75. The van der Waals surface area contributed by atoms with Gasteiger partial charge in [-0.15, -0.1) is 11.3 Å². The lowest BCUT2D eigenvalue weighted by molar-refractivity contribution is 0.771. The fourth-order valence-electron chi connectivity index (χ4n) is 3.90. The maximum absolute atomic E-state index is 4.61. The van der Waals surface area contributed by atoms with E-state index in [2.05, 4.69) is 63.0 Å². The third kappa shape index (κ3) is 1.77. The lowest BCUT2D eigenvalue weighted by Gasteiger charge is -2.44. The standard InChI is InChI=1S/C14H24N2SSi/c1-10(2)18(11(3)4,12(5)6)16-8-7-13-14(16)15-9-17-13/h7-12H,1-6H3. The van der Waals surface area contributed by atoms with E-state index >= 15 is 0 Å². The minimum Gasteiger partial charge on any atom is -0.358 e. The van der Waals surface area contributed by atoms with Gasteiger partial charge < -0.3 is 4.23 Å². The molecule has 2 aromatic heterocycles. The molecule has 100 valence electrons. The van der Waals surface area contributed by atoms with E-state index in [9.17, 15) is 0 Å². The number of nitrogens with zero attached hydrogens (tertiary/aromatic N) is 2. The quantitative estimate of drug-likeness (QED) is 0.711. The van der Waals surface area contributed by atoms with Crippen molar-refractivity contribution in [2.45, 2.75) is 58.2 Å². The van der Waals surface area contributed by atoms with E-state index in [1.54, 1.807) is 11.3 Å². The van der Waals surface area contributed by atoms with Crippen molar-refractivity contribution in [3.8, 4) is 0 Å². The molecule has 2 aromatic rings. The van der Waals surface area contributed by atoms with Gasteiger partial charge >= 0.3 is 0 Å². The van der Waals surface area contributed by atoms with Gasteiger partial charge in [-0.3, -0.25) is 0 Å². The first-order valence-corrected chi connectivity index (χ1v) is 9.89. The predicted molar refractivity (Wildman–Crippen MR) is 84.1 cm³/mol. The van der Waals surface area contributed by atoms with Crippen molar-refractivity contribution in [2.75, 3.05) is 0 Å². The molecule has 4 heteroatoms. The minimum absolute atomic E-state index is 0.717. The summed E-state index contributed by atoms with van der Waals surface area (Å²) in [4.78, 5) is 4.61. The summed E-state index contributed by atoms with van der Waals surface area (Å²) in [6.45, 7) is 14.4. The first-order valence-electron chi connectivity index (χ1n) is 6.83. The van der Waals surface area contributed by atoms with Crippen LogP contribution in [0.25, 0.3) is 10.3 Å². The van der Waals surface area contributed by atoms with Gasteiger partial charge in [-0.05, 0) is 28.9 Å². The highest BCUT2D eigenvalue weighted by atomic mass is 32.1. The largest absolute Gasteiger partial charge is 0.358 e. The van der Waals surface area contributed by atoms with Gasteiger partial charge in [0.05, 0.1) is 10.2 Å². The number of hydrogen-bond donors (Lipinski definition) is 0. The van der Waals surface area contributed by atoms with Crippen molar-refractivity contribution < 1.29 is 0 Å². The molecule has 0 aliphatic rings. The zero-order chi connectivity index (χ0) is 13.5. The van der Waals surface area contributed by atoms with Crippen molar-refractivity contribution in [2.24, 2.45) is 0 Å². The fourth-order valence-corrected chi connectivity index (χ4v) is 11.2. The van der Waals surface area contributed by atoms with E-state index in [1.807, 2.05) is 5.51 Å². The van der Waals surface area contributed by atoms with E-state index in [0.29, 0.717) is 0 Å². The van der Waals surface area contributed by atoms with Crippen molar-refractivity contribution >= 4 is 29.9 Å². The molecule has 2 rings (SSSR count). The molecule has 0 bridgehead atoms. The van der Waals surface area contributed by atoms with Crippen LogP contribution in [-0.2, 0) is 0 Å². The molecule has 0 aromatic carbocycles. The Morgan fingerprint density at radius 2 is 1.61 bits per heavy atom. The van der Waals surface area contributed by atoms with Crippen molar-refractivity contribution in [1.29, 1.82) is 0 Å². The summed E-state index contributed by atoms with van der Waals surface area (Å²) in [6.07, 6.45) is 2.29. The molecule has 0 atom stereocenters. The lowest BCUT2D eigenvalue weighted by Crippen LogP contribution is -2.51. The van der Waals surface area contributed by atoms with Gasteiger partial charge in [-0.2, -0.15) is 0 Å². The fraction of sp³-hybridized carbons (Fsp3) is 0.643. The number of rotatable bonds is 4. The predicted octanol–water partition coefficient (Wildman–Crippen LogP) is 5.12. The Morgan fingerprint density at radius 1 is 1.06 bits per heavy atom. The van der Waals surface area contributed by atoms with Gasteiger partial charge in [0.15, 0.2) is 8.24 Å². The average molecular weight is 281 g/mol.